The third kappa shape index (κ3) is 5.27. The summed E-state index contributed by atoms with van der Waals surface area (Å²) in [4.78, 5) is 20.8. The second-order valence-corrected chi connectivity index (χ2v) is 5.80. The molecule has 0 saturated carbocycles. The maximum absolute atomic E-state index is 11.7. The van der Waals surface area contributed by atoms with Gasteiger partial charge in [0, 0.05) is 45.3 Å². The second kappa shape index (κ2) is 8.70. The van der Waals surface area contributed by atoms with E-state index in [9.17, 15) is 4.79 Å². The summed E-state index contributed by atoms with van der Waals surface area (Å²) in [5, 5.41) is 5.97. The number of hydrogen-bond donors (Lipinski definition) is 2. The monoisotopic (exact) mass is 305 g/mol. The van der Waals surface area contributed by atoms with Crippen LogP contribution in [-0.2, 0) is 11.3 Å². The van der Waals surface area contributed by atoms with Crippen LogP contribution < -0.4 is 15.5 Å². The molecule has 0 aromatic carbocycles. The van der Waals surface area contributed by atoms with Gasteiger partial charge in [0.1, 0.15) is 5.82 Å². The van der Waals surface area contributed by atoms with Gasteiger partial charge in [0.05, 0.1) is 0 Å². The summed E-state index contributed by atoms with van der Waals surface area (Å²) in [6, 6.07) is 4.10. The predicted octanol–water partition coefficient (Wildman–Crippen LogP) is 0.449. The maximum Gasteiger partial charge on any atom is 0.220 e. The Morgan fingerprint density at radius 2 is 2.05 bits per heavy atom. The van der Waals surface area contributed by atoms with Crippen molar-refractivity contribution in [1.82, 2.24) is 20.5 Å². The molecule has 1 fully saturated rings. The number of anilines is 1. The molecule has 1 aromatic heterocycles. The molecule has 6 heteroatoms. The Morgan fingerprint density at radius 1 is 1.27 bits per heavy atom. The summed E-state index contributed by atoms with van der Waals surface area (Å²) >= 11 is 0. The molecule has 0 spiro atoms. The van der Waals surface area contributed by atoms with Crippen molar-refractivity contribution >= 4 is 11.7 Å². The molecular weight excluding hydrogens is 278 g/mol. The van der Waals surface area contributed by atoms with E-state index in [4.69, 9.17) is 0 Å². The third-order valence-electron chi connectivity index (χ3n) is 3.96. The number of pyridine rings is 1. The fraction of sp³-hybridized carbons (Fsp3) is 0.625. The van der Waals surface area contributed by atoms with E-state index in [2.05, 4.69) is 38.5 Å². The largest absolute Gasteiger partial charge is 0.354 e. The molecule has 1 aromatic rings. The van der Waals surface area contributed by atoms with E-state index in [0.29, 0.717) is 13.0 Å². The highest BCUT2D eigenvalue weighted by atomic mass is 16.1. The van der Waals surface area contributed by atoms with Gasteiger partial charge in [-0.2, -0.15) is 0 Å². The lowest BCUT2D eigenvalue weighted by molar-refractivity contribution is -0.121. The number of carbonyl (C=O) groups excluding carboxylic acids is 1. The molecular formula is C16H27N5O. The molecule has 0 bridgehead atoms. The van der Waals surface area contributed by atoms with E-state index in [1.165, 1.54) is 0 Å². The normalized spacial score (nSPS) is 15.8. The molecule has 1 aliphatic rings. The van der Waals surface area contributed by atoms with Crippen LogP contribution in [0.2, 0.25) is 0 Å². The molecule has 2 rings (SSSR count). The fourth-order valence-electron chi connectivity index (χ4n) is 2.46. The van der Waals surface area contributed by atoms with E-state index in [1.807, 2.05) is 19.3 Å². The van der Waals surface area contributed by atoms with Crippen molar-refractivity contribution in [2.45, 2.75) is 19.4 Å². The van der Waals surface area contributed by atoms with Crippen molar-refractivity contribution in [3.05, 3.63) is 23.9 Å². The Balaban J connectivity index is 1.76. The number of nitrogens with zero attached hydrogens (tertiary/aromatic N) is 3. The van der Waals surface area contributed by atoms with Crippen LogP contribution in [0.25, 0.3) is 0 Å². The minimum atomic E-state index is 0.0957. The smallest absolute Gasteiger partial charge is 0.220 e. The van der Waals surface area contributed by atoms with Crippen LogP contribution in [0.5, 0.6) is 0 Å². The first-order valence-corrected chi connectivity index (χ1v) is 7.99. The molecule has 0 aliphatic carbocycles. The van der Waals surface area contributed by atoms with E-state index in [-0.39, 0.29) is 5.91 Å². The predicted molar refractivity (Wildman–Crippen MR) is 89.0 cm³/mol. The molecule has 6 nitrogen and oxygen atoms in total. The molecule has 122 valence electrons. The van der Waals surface area contributed by atoms with Crippen LogP contribution in [0.4, 0.5) is 5.82 Å². The highest BCUT2D eigenvalue weighted by Gasteiger charge is 2.14. The van der Waals surface area contributed by atoms with Crippen molar-refractivity contribution in [3.8, 4) is 0 Å². The number of nitrogens with one attached hydrogen (secondary N) is 2. The standard InChI is InChI=1S/C16H27N5O/c1-17-7-3-4-16(22)19-13-14-5-6-15(18-12-14)21-10-8-20(2)9-11-21/h5-6,12,17H,3-4,7-11,13H2,1-2H3,(H,19,22). The SMILES string of the molecule is CNCCCC(=O)NCc1ccc(N2CCN(C)CC2)nc1. The van der Waals surface area contributed by atoms with Gasteiger partial charge in [-0.3, -0.25) is 4.79 Å². The summed E-state index contributed by atoms with van der Waals surface area (Å²) < 4.78 is 0. The van der Waals surface area contributed by atoms with Gasteiger partial charge in [0.15, 0.2) is 0 Å². The third-order valence-corrected chi connectivity index (χ3v) is 3.96. The number of piperazine rings is 1. The molecule has 1 aliphatic heterocycles. The van der Waals surface area contributed by atoms with Gasteiger partial charge >= 0.3 is 0 Å². The second-order valence-electron chi connectivity index (χ2n) is 5.80. The lowest BCUT2D eigenvalue weighted by Gasteiger charge is -2.33. The molecule has 2 N–H and O–H groups in total. The van der Waals surface area contributed by atoms with Crippen molar-refractivity contribution < 1.29 is 4.79 Å². The number of aromatic nitrogens is 1. The molecule has 0 unspecified atom stereocenters. The van der Waals surface area contributed by atoms with Crippen LogP contribution in [0, 0.1) is 0 Å². The van der Waals surface area contributed by atoms with Crippen molar-refractivity contribution in [2.24, 2.45) is 0 Å². The van der Waals surface area contributed by atoms with Gasteiger partial charge in [0.2, 0.25) is 5.91 Å². The first-order chi connectivity index (χ1) is 10.7. The quantitative estimate of drug-likeness (QED) is 0.716. The van der Waals surface area contributed by atoms with Gasteiger partial charge in [-0.25, -0.2) is 4.98 Å². The topological polar surface area (TPSA) is 60.5 Å². The zero-order valence-electron chi connectivity index (χ0n) is 13.6. The van der Waals surface area contributed by atoms with Gasteiger partial charge in [-0.15, -0.1) is 0 Å². The first kappa shape index (κ1) is 16.7. The highest BCUT2D eigenvalue weighted by molar-refractivity contribution is 5.75. The molecule has 1 saturated heterocycles. The summed E-state index contributed by atoms with van der Waals surface area (Å²) in [7, 11) is 4.04. The summed E-state index contributed by atoms with van der Waals surface area (Å²) in [5.41, 5.74) is 1.04. The van der Waals surface area contributed by atoms with Gasteiger partial charge in [-0.05, 0) is 38.7 Å². The first-order valence-electron chi connectivity index (χ1n) is 7.99. The van der Waals surface area contributed by atoms with Crippen molar-refractivity contribution in [1.29, 1.82) is 0 Å². The lowest BCUT2D eigenvalue weighted by atomic mass is 10.2. The minimum absolute atomic E-state index is 0.0957. The van der Waals surface area contributed by atoms with Crippen molar-refractivity contribution in [2.75, 3.05) is 51.7 Å². The number of hydrogen-bond acceptors (Lipinski definition) is 5. The van der Waals surface area contributed by atoms with E-state index >= 15 is 0 Å². The van der Waals surface area contributed by atoms with E-state index < -0.39 is 0 Å². The van der Waals surface area contributed by atoms with Crippen molar-refractivity contribution in [3.63, 3.8) is 0 Å². The van der Waals surface area contributed by atoms with Crippen LogP contribution in [0.15, 0.2) is 18.3 Å². The number of likely N-dealkylation sites (N-methyl/N-ethyl adjacent to an activating group) is 1. The Bertz CT molecular complexity index is 454. The number of carbonyl (C=O) groups is 1. The Kier molecular flexibility index (Phi) is 6.61. The molecule has 0 radical (unpaired) electrons. The summed E-state index contributed by atoms with van der Waals surface area (Å²) in [6.07, 6.45) is 3.29. The fourth-order valence-corrected chi connectivity index (χ4v) is 2.46. The highest BCUT2D eigenvalue weighted by Crippen LogP contribution is 2.13. The average molecular weight is 305 g/mol. The van der Waals surface area contributed by atoms with Crippen LogP contribution in [0.1, 0.15) is 18.4 Å². The van der Waals surface area contributed by atoms with E-state index in [0.717, 1.165) is 50.5 Å². The summed E-state index contributed by atoms with van der Waals surface area (Å²) in [6.45, 7) is 5.61. The average Bonchev–Trinajstić information content (AvgIpc) is 2.54. The lowest BCUT2D eigenvalue weighted by Crippen LogP contribution is -2.44. The van der Waals surface area contributed by atoms with Crippen LogP contribution in [0.3, 0.4) is 0 Å². The van der Waals surface area contributed by atoms with Gasteiger partial charge in [0.25, 0.3) is 0 Å². The number of rotatable bonds is 7. The Morgan fingerprint density at radius 3 is 2.68 bits per heavy atom. The molecule has 0 atom stereocenters. The molecule has 2 heterocycles. The van der Waals surface area contributed by atoms with Crippen LogP contribution in [-0.4, -0.2) is 62.6 Å². The van der Waals surface area contributed by atoms with Gasteiger partial charge < -0.3 is 20.4 Å². The zero-order chi connectivity index (χ0) is 15.8. The Labute approximate surface area is 132 Å². The molecule has 22 heavy (non-hydrogen) atoms. The maximum atomic E-state index is 11.7. The summed E-state index contributed by atoms with van der Waals surface area (Å²) in [5.74, 6) is 1.12. The molecule has 1 amide bonds. The van der Waals surface area contributed by atoms with Gasteiger partial charge in [-0.1, -0.05) is 6.07 Å². The van der Waals surface area contributed by atoms with E-state index in [1.54, 1.807) is 0 Å². The Hall–Kier alpha value is -1.66. The number of amides is 1. The zero-order valence-corrected chi connectivity index (χ0v) is 13.6. The minimum Gasteiger partial charge on any atom is -0.354 e. The van der Waals surface area contributed by atoms with Crippen LogP contribution >= 0.6 is 0 Å².